The maximum Gasteiger partial charge on any atom is 0.0641 e. The van der Waals surface area contributed by atoms with Crippen LogP contribution in [-0.4, -0.2) is 4.57 Å². The third-order valence-corrected chi connectivity index (χ3v) is 3.63. The molecule has 96 valence electrons. The van der Waals surface area contributed by atoms with Gasteiger partial charge in [0.15, 0.2) is 0 Å². The Labute approximate surface area is 118 Å². The molecule has 0 radical (unpaired) electrons. The predicted molar refractivity (Wildman–Crippen MR) is 78.6 cm³/mol. The highest BCUT2D eigenvalue weighted by atomic mass is 35.5. The summed E-state index contributed by atoms with van der Waals surface area (Å²) in [6, 6.07) is 5.85. The number of halogens is 2. The van der Waals surface area contributed by atoms with Crippen LogP contribution < -0.4 is 5.32 Å². The summed E-state index contributed by atoms with van der Waals surface area (Å²) in [6.07, 6.45) is 4.19. The molecule has 0 amide bonds. The molecule has 1 aromatic carbocycles. The van der Waals surface area contributed by atoms with E-state index in [2.05, 4.69) is 35.3 Å². The molecule has 0 aliphatic carbocycles. The Morgan fingerprint density at radius 3 is 2.67 bits per heavy atom. The molecule has 1 aromatic heterocycles. The maximum atomic E-state index is 6.17. The van der Waals surface area contributed by atoms with Crippen LogP contribution in [0, 0.1) is 6.92 Å². The molecule has 0 spiro atoms. The molecule has 1 heterocycles. The van der Waals surface area contributed by atoms with E-state index in [4.69, 9.17) is 23.2 Å². The smallest absolute Gasteiger partial charge is 0.0641 e. The van der Waals surface area contributed by atoms with E-state index in [1.807, 2.05) is 19.1 Å². The largest absolute Gasteiger partial charge is 0.380 e. The minimum Gasteiger partial charge on any atom is -0.380 e. The van der Waals surface area contributed by atoms with E-state index in [1.54, 1.807) is 0 Å². The fraction of sp³-hybridized carbons (Fsp3) is 0.286. The average molecular weight is 283 g/mol. The van der Waals surface area contributed by atoms with E-state index in [9.17, 15) is 0 Å². The van der Waals surface area contributed by atoms with E-state index >= 15 is 0 Å². The molecule has 2 aromatic rings. The summed E-state index contributed by atoms with van der Waals surface area (Å²) in [5.41, 5.74) is 3.09. The molecular weight excluding hydrogens is 267 g/mol. The first-order chi connectivity index (χ1) is 8.60. The van der Waals surface area contributed by atoms with Crippen molar-refractivity contribution in [1.29, 1.82) is 0 Å². The summed E-state index contributed by atoms with van der Waals surface area (Å²) < 4.78 is 2.14. The van der Waals surface area contributed by atoms with Gasteiger partial charge in [0.2, 0.25) is 0 Å². The van der Waals surface area contributed by atoms with Crippen molar-refractivity contribution in [1.82, 2.24) is 4.57 Å². The number of nitrogens with zero attached hydrogens (tertiary/aromatic N) is 1. The van der Waals surface area contributed by atoms with Crippen LogP contribution in [0.3, 0.4) is 0 Å². The lowest BCUT2D eigenvalue weighted by Gasteiger charge is -2.09. The normalized spacial score (nSPS) is 10.7. The molecule has 18 heavy (non-hydrogen) atoms. The summed E-state index contributed by atoms with van der Waals surface area (Å²) in [5.74, 6) is 0. The lowest BCUT2D eigenvalue weighted by Crippen LogP contribution is -1.99. The van der Waals surface area contributed by atoms with E-state index in [-0.39, 0.29) is 0 Å². The van der Waals surface area contributed by atoms with Crippen LogP contribution in [-0.2, 0) is 13.1 Å². The first kappa shape index (κ1) is 13.3. The molecule has 0 bridgehead atoms. The molecule has 0 unspecified atom stereocenters. The highest BCUT2D eigenvalue weighted by Crippen LogP contribution is 2.29. The summed E-state index contributed by atoms with van der Waals surface area (Å²) in [5, 5.41) is 4.74. The van der Waals surface area contributed by atoms with Crippen molar-refractivity contribution in [2.24, 2.45) is 0 Å². The second-order valence-corrected chi connectivity index (χ2v) is 5.10. The standard InChI is InChI=1S/C14H16Cl2N2/c1-3-18-5-4-11(9-18)8-17-14-7-12(15)10(2)6-13(14)16/h4-7,9,17H,3,8H2,1-2H3. The highest BCUT2D eigenvalue weighted by molar-refractivity contribution is 6.35. The summed E-state index contributed by atoms with van der Waals surface area (Å²) in [4.78, 5) is 0. The van der Waals surface area contributed by atoms with Crippen LogP contribution in [0.2, 0.25) is 10.0 Å². The molecule has 0 saturated heterocycles. The third kappa shape index (κ3) is 3.01. The quantitative estimate of drug-likeness (QED) is 0.858. The SMILES string of the molecule is CCn1ccc(CNc2cc(Cl)c(C)cc2Cl)c1. The molecule has 0 atom stereocenters. The molecule has 4 heteroatoms. The van der Waals surface area contributed by atoms with Gasteiger partial charge in [0.1, 0.15) is 0 Å². The van der Waals surface area contributed by atoms with Crippen molar-refractivity contribution in [2.75, 3.05) is 5.32 Å². The Hall–Kier alpha value is -1.12. The number of aromatic nitrogens is 1. The zero-order valence-corrected chi connectivity index (χ0v) is 12.0. The lowest BCUT2D eigenvalue weighted by atomic mass is 10.2. The second kappa shape index (κ2) is 5.68. The first-order valence-electron chi connectivity index (χ1n) is 5.94. The van der Waals surface area contributed by atoms with Gasteiger partial charge in [0.25, 0.3) is 0 Å². The molecule has 0 aliphatic rings. The van der Waals surface area contributed by atoms with Gasteiger partial charge in [-0.3, -0.25) is 0 Å². The fourth-order valence-electron chi connectivity index (χ4n) is 1.77. The van der Waals surface area contributed by atoms with Crippen molar-refractivity contribution < 1.29 is 0 Å². The van der Waals surface area contributed by atoms with Crippen LogP contribution in [0.25, 0.3) is 0 Å². The lowest BCUT2D eigenvalue weighted by molar-refractivity contribution is 0.766. The maximum absolute atomic E-state index is 6.17. The number of rotatable bonds is 4. The van der Waals surface area contributed by atoms with Crippen LogP contribution in [0.4, 0.5) is 5.69 Å². The van der Waals surface area contributed by atoms with Crippen molar-refractivity contribution >= 4 is 28.9 Å². The Morgan fingerprint density at radius 2 is 2.00 bits per heavy atom. The number of nitrogens with one attached hydrogen (secondary N) is 1. The van der Waals surface area contributed by atoms with Crippen LogP contribution in [0.5, 0.6) is 0 Å². The Bertz CT molecular complexity index is 547. The Kier molecular flexibility index (Phi) is 4.20. The van der Waals surface area contributed by atoms with Crippen LogP contribution in [0.1, 0.15) is 18.1 Å². The van der Waals surface area contributed by atoms with Gasteiger partial charge in [-0.15, -0.1) is 0 Å². The van der Waals surface area contributed by atoms with Gasteiger partial charge in [0, 0.05) is 30.5 Å². The topological polar surface area (TPSA) is 17.0 Å². The Morgan fingerprint density at radius 1 is 1.22 bits per heavy atom. The molecule has 0 aliphatic heterocycles. The van der Waals surface area contributed by atoms with Gasteiger partial charge in [-0.2, -0.15) is 0 Å². The number of anilines is 1. The van der Waals surface area contributed by atoms with Gasteiger partial charge >= 0.3 is 0 Å². The van der Waals surface area contributed by atoms with Crippen molar-refractivity contribution in [2.45, 2.75) is 26.9 Å². The van der Waals surface area contributed by atoms with E-state index in [1.165, 1.54) is 5.56 Å². The van der Waals surface area contributed by atoms with E-state index < -0.39 is 0 Å². The number of benzene rings is 1. The van der Waals surface area contributed by atoms with E-state index in [0.29, 0.717) is 5.02 Å². The monoisotopic (exact) mass is 282 g/mol. The summed E-state index contributed by atoms with van der Waals surface area (Å²) >= 11 is 12.3. The van der Waals surface area contributed by atoms with Gasteiger partial charge in [-0.1, -0.05) is 23.2 Å². The molecule has 2 nitrogen and oxygen atoms in total. The fourth-order valence-corrected chi connectivity index (χ4v) is 2.22. The second-order valence-electron chi connectivity index (χ2n) is 4.28. The molecule has 2 rings (SSSR count). The van der Waals surface area contributed by atoms with Crippen LogP contribution in [0.15, 0.2) is 30.6 Å². The number of hydrogen-bond donors (Lipinski definition) is 1. The molecule has 0 saturated carbocycles. The third-order valence-electron chi connectivity index (χ3n) is 2.91. The Balaban J connectivity index is 2.08. The minimum absolute atomic E-state index is 0.701. The summed E-state index contributed by atoms with van der Waals surface area (Å²) in [7, 11) is 0. The van der Waals surface area contributed by atoms with Gasteiger partial charge in [-0.05, 0) is 43.2 Å². The first-order valence-corrected chi connectivity index (χ1v) is 6.70. The molecular formula is C14H16Cl2N2. The van der Waals surface area contributed by atoms with Gasteiger partial charge in [0.05, 0.1) is 10.7 Å². The molecule has 1 N–H and O–H groups in total. The van der Waals surface area contributed by atoms with Gasteiger partial charge < -0.3 is 9.88 Å². The minimum atomic E-state index is 0.701. The van der Waals surface area contributed by atoms with E-state index in [0.717, 1.165) is 29.4 Å². The van der Waals surface area contributed by atoms with Crippen molar-refractivity contribution in [3.63, 3.8) is 0 Å². The molecule has 0 fully saturated rings. The predicted octanol–water partition coefficient (Wildman–Crippen LogP) is 4.74. The summed E-state index contributed by atoms with van der Waals surface area (Å²) in [6.45, 7) is 5.79. The number of hydrogen-bond acceptors (Lipinski definition) is 1. The van der Waals surface area contributed by atoms with Crippen LogP contribution >= 0.6 is 23.2 Å². The number of aryl methyl sites for hydroxylation is 2. The zero-order valence-electron chi connectivity index (χ0n) is 10.5. The zero-order chi connectivity index (χ0) is 13.1. The average Bonchev–Trinajstić information content (AvgIpc) is 2.80. The van der Waals surface area contributed by atoms with Crippen molar-refractivity contribution in [3.8, 4) is 0 Å². The van der Waals surface area contributed by atoms with Crippen molar-refractivity contribution in [3.05, 3.63) is 51.8 Å². The highest BCUT2D eigenvalue weighted by Gasteiger charge is 2.04. The van der Waals surface area contributed by atoms with Gasteiger partial charge in [-0.25, -0.2) is 0 Å².